The Balaban J connectivity index is 1.36. The lowest BCUT2D eigenvalue weighted by Crippen LogP contribution is -2.66. The van der Waals surface area contributed by atoms with E-state index in [4.69, 9.17) is 14.2 Å². The number of aliphatic hydroxyl groups excluding tert-OH is 1. The molecule has 5 rings (SSSR count). The number of esters is 2. The number of rotatable bonds is 17. The van der Waals surface area contributed by atoms with Gasteiger partial charge in [0.05, 0.1) is 18.8 Å². The molecule has 53 heavy (non-hydrogen) atoms. The van der Waals surface area contributed by atoms with E-state index in [1.165, 1.54) is 45.4 Å². The summed E-state index contributed by atoms with van der Waals surface area (Å²) in [4.78, 5) is 40.2. The van der Waals surface area contributed by atoms with Crippen LogP contribution in [0.15, 0.2) is 23.3 Å². The number of nitrogens with zero attached hydrogens (tertiary/aromatic N) is 1. The molecule has 0 spiro atoms. The predicted molar refractivity (Wildman–Crippen MR) is 200 cm³/mol. The molecule has 1 saturated heterocycles. The van der Waals surface area contributed by atoms with Crippen molar-refractivity contribution in [2.24, 2.45) is 29.1 Å². The maximum atomic E-state index is 14.0. The monoisotopic (exact) mass is 744 g/mol. The van der Waals surface area contributed by atoms with Crippen LogP contribution in [0.2, 0.25) is 0 Å². The number of hydroxylamine groups is 2. The standard InChI is InChI=1S/C42H66NO10/c1-9-10-11-12-13-14-15-16-17-18-20-39(43(50)37(5,6)26-51-39)21-19-33(46)52-36-28(3)41(49)31(34-38(7,8)42(34,36)53-29(4)45)23-30(25-44)24-40(48)32(41)22-27(2)35(40)47/h22-23,28,31-32,34,36,44,48-49H,9-21,24-26H2,1-8H3/q-1/t28-,31+,32-,34-,36-,39?,40-,41-,42-/m1/s1. The first-order chi connectivity index (χ1) is 24.8. The average Bonchev–Trinajstić information content (AvgIpc) is 3.39. The molecule has 0 bridgehead atoms. The van der Waals surface area contributed by atoms with Crippen LogP contribution in [-0.4, -0.2) is 85.5 Å². The van der Waals surface area contributed by atoms with Gasteiger partial charge in [0.1, 0.15) is 17.4 Å². The van der Waals surface area contributed by atoms with Crippen LogP contribution in [0.3, 0.4) is 0 Å². The van der Waals surface area contributed by atoms with Gasteiger partial charge >= 0.3 is 11.9 Å². The lowest BCUT2D eigenvalue weighted by atomic mass is 9.59. The van der Waals surface area contributed by atoms with Crippen molar-refractivity contribution >= 4 is 17.7 Å². The Morgan fingerprint density at radius 2 is 1.58 bits per heavy atom. The highest BCUT2D eigenvalue weighted by atomic mass is 16.6. The van der Waals surface area contributed by atoms with Gasteiger partial charge in [-0.2, -0.15) is 0 Å². The largest absolute Gasteiger partial charge is 0.783 e. The number of hydrogen-bond donors (Lipinski definition) is 3. The lowest BCUT2D eigenvalue weighted by molar-refractivity contribution is -0.229. The summed E-state index contributed by atoms with van der Waals surface area (Å²) in [6.07, 6.45) is 14.1. The molecule has 4 aliphatic carbocycles. The molecule has 0 radical (unpaired) electrons. The number of fused-ring (bicyclic) bond motifs is 5. The van der Waals surface area contributed by atoms with Crippen LogP contribution in [-0.2, 0) is 28.6 Å². The van der Waals surface area contributed by atoms with Gasteiger partial charge in [0.15, 0.2) is 11.4 Å². The van der Waals surface area contributed by atoms with Gasteiger partial charge in [-0.15, -0.1) is 0 Å². The Morgan fingerprint density at radius 3 is 2.13 bits per heavy atom. The molecule has 1 aliphatic heterocycles. The number of unbranched alkanes of at least 4 members (excludes halogenated alkanes) is 9. The number of carbonyl (C=O) groups excluding carboxylic acids is 3. The predicted octanol–water partition coefficient (Wildman–Crippen LogP) is 6.45. The van der Waals surface area contributed by atoms with Crippen molar-refractivity contribution in [1.82, 2.24) is 5.06 Å². The van der Waals surface area contributed by atoms with E-state index in [0.29, 0.717) is 17.6 Å². The van der Waals surface area contributed by atoms with E-state index in [2.05, 4.69) is 6.92 Å². The van der Waals surface area contributed by atoms with Crippen LogP contribution in [0.25, 0.3) is 0 Å². The Bertz CT molecular complexity index is 1450. The molecule has 3 fully saturated rings. The zero-order valence-electron chi connectivity index (χ0n) is 33.5. The maximum absolute atomic E-state index is 14.0. The highest BCUT2D eigenvalue weighted by Gasteiger charge is 2.87. The van der Waals surface area contributed by atoms with E-state index in [-0.39, 0.29) is 25.9 Å². The third kappa shape index (κ3) is 7.09. The zero-order chi connectivity index (χ0) is 39.2. The van der Waals surface area contributed by atoms with Crippen LogP contribution in [0, 0.1) is 34.3 Å². The number of aliphatic hydroxyl groups is 3. The zero-order valence-corrected chi connectivity index (χ0v) is 33.5. The van der Waals surface area contributed by atoms with Gasteiger partial charge in [-0.25, -0.2) is 0 Å². The molecule has 0 aromatic heterocycles. The second kappa shape index (κ2) is 15.4. The van der Waals surface area contributed by atoms with E-state index >= 15 is 0 Å². The summed E-state index contributed by atoms with van der Waals surface area (Å²) >= 11 is 0. The second-order valence-electron chi connectivity index (χ2n) is 18.2. The van der Waals surface area contributed by atoms with E-state index < -0.39 is 87.6 Å². The van der Waals surface area contributed by atoms with Crippen molar-refractivity contribution in [3.05, 3.63) is 28.5 Å². The lowest BCUT2D eigenvalue weighted by Gasteiger charge is -2.53. The minimum Gasteiger partial charge on any atom is -0.783 e. The highest BCUT2D eigenvalue weighted by molar-refractivity contribution is 6.04. The molecule has 11 nitrogen and oxygen atoms in total. The number of Topliss-reactive ketones (excluding diaryl/α,β-unsaturated/α-hetero) is 1. The number of hydrogen-bond acceptors (Lipinski definition) is 11. The van der Waals surface area contributed by atoms with Crippen molar-refractivity contribution in [2.45, 2.75) is 179 Å². The maximum Gasteiger partial charge on any atom is 0.306 e. The third-order valence-electron chi connectivity index (χ3n) is 13.8. The fraction of sp³-hybridized carbons (Fsp3) is 0.833. The van der Waals surface area contributed by atoms with Crippen molar-refractivity contribution in [1.29, 1.82) is 0 Å². The van der Waals surface area contributed by atoms with Crippen LogP contribution < -0.4 is 0 Å². The summed E-state index contributed by atoms with van der Waals surface area (Å²) in [6.45, 7) is 14.1. The quantitative estimate of drug-likeness (QED) is 0.0852. The summed E-state index contributed by atoms with van der Waals surface area (Å²) in [5.74, 6) is -5.00. The van der Waals surface area contributed by atoms with Crippen molar-refractivity contribution in [3.8, 4) is 0 Å². The van der Waals surface area contributed by atoms with Crippen LogP contribution in [0.5, 0.6) is 0 Å². The van der Waals surface area contributed by atoms with Crippen molar-refractivity contribution < 1.29 is 43.9 Å². The van der Waals surface area contributed by atoms with E-state index in [9.17, 15) is 34.9 Å². The smallest absolute Gasteiger partial charge is 0.306 e. The Kier molecular flexibility index (Phi) is 12.2. The van der Waals surface area contributed by atoms with Gasteiger partial charge in [-0.1, -0.05) is 97.6 Å². The summed E-state index contributed by atoms with van der Waals surface area (Å²) in [5, 5.41) is 50.0. The minimum absolute atomic E-state index is 0.110. The molecule has 1 heterocycles. The summed E-state index contributed by atoms with van der Waals surface area (Å²) < 4.78 is 18.7. The molecule has 0 amide bonds. The minimum atomic E-state index is -2.00. The molecular weight excluding hydrogens is 678 g/mol. The molecule has 300 valence electrons. The molecule has 2 saturated carbocycles. The van der Waals surface area contributed by atoms with Gasteiger partial charge in [0, 0.05) is 54.4 Å². The SMILES string of the molecule is CCCCCCCCCCCCC1(CCC(=O)O[C@@H]2[C@@H](C)[C@@]3(O)[C@@H](C=C(CO)C[C@]4(O)C(=O)C(C)=C[C@@H]34)[C@@H]3C(C)(C)[C@]23OC(C)=O)OCC(C)(C)N1[O-]. The summed E-state index contributed by atoms with van der Waals surface area (Å²) in [5.41, 5.74) is -7.16. The Morgan fingerprint density at radius 1 is 0.981 bits per heavy atom. The topological polar surface area (TPSA) is 166 Å². The fourth-order valence-corrected chi connectivity index (χ4v) is 10.9. The molecule has 0 aromatic rings. The molecular formula is C42H66NO10-. The summed E-state index contributed by atoms with van der Waals surface area (Å²) in [6, 6.07) is 0. The molecule has 0 aromatic carbocycles. The molecule has 1 unspecified atom stereocenters. The Hall–Kier alpha value is -2.15. The molecule has 3 N–H and O–H groups in total. The van der Waals surface area contributed by atoms with E-state index in [0.717, 1.165) is 30.7 Å². The second-order valence-corrected chi connectivity index (χ2v) is 18.2. The number of ketones is 1. The first kappa shape index (κ1) is 42.0. The highest BCUT2D eigenvalue weighted by Crippen LogP contribution is 2.77. The first-order valence-corrected chi connectivity index (χ1v) is 20.3. The third-order valence-corrected chi connectivity index (χ3v) is 13.8. The van der Waals surface area contributed by atoms with Gasteiger partial charge in [-0.05, 0) is 51.2 Å². The van der Waals surface area contributed by atoms with Crippen LogP contribution in [0.1, 0.15) is 145 Å². The van der Waals surface area contributed by atoms with Crippen LogP contribution in [0.4, 0.5) is 0 Å². The molecule has 9 atom stereocenters. The van der Waals surface area contributed by atoms with Crippen LogP contribution >= 0.6 is 0 Å². The van der Waals surface area contributed by atoms with Crippen molar-refractivity contribution in [2.75, 3.05) is 13.2 Å². The number of ether oxygens (including phenoxy) is 3. The van der Waals surface area contributed by atoms with E-state index in [1.807, 2.05) is 27.7 Å². The fourth-order valence-electron chi connectivity index (χ4n) is 10.9. The normalized spacial score (nSPS) is 38.3. The van der Waals surface area contributed by atoms with E-state index in [1.54, 1.807) is 26.0 Å². The summed E-state index contributed by atoms with van der Waals surface area (Å²) in [7, 11) is 0. The average molecular weight is 745 g/mol. The number of carbonyl (C=O) groups is 3. The molecule has 5 aliphatic rings. The first-order valence-electron chi connectivity index (χ1n) is 20.3. The van der Waals surface area contributed by atoms with Crippen molar-refractivity contribution in [3.63, 3.8) is 0 Å². The Labute approximate surface area is 316 Å². The molecule has 11 heteroatoms. The van der Waals surface area contributed by atoms with Gasteiger partial charge in [0.2, 0.25) is 0 Å². The van der Waals surface area contributed by atoms with Gasteiger partial charge in [0.25, 0.3) is 0 Å². The van der Waals surface area contributed by atoms with Gasteiger partial charge in [-0.3, -0.25) is 14.4 Å². The van der Waals surface area contributed by atoms with Gasteiger partial charge < -0.3 is 39.8 Å².